The first-order valence-electron chi connectivity index (χ1n) is 6.58. The third-order valence-corrected chi connectivity index (χ3v) is 3.42. The van der Waals surface area contributed by atoms with Crippen LogP contribution in [0.2, 0.25) is 0 Å². The molecule has 0 spiro atoms. The van der Waals surface area contributed by atoms with Crippen molar-refractivity contribution in [1.82, 2.24) is 0 Å². The Hall–Kier alpha value is -2.23. The van der Waals surface area contributed by atoms with Crippen LogP contribution in [0.25, 0.3) is 0 Å². The van der Waals surface area contributed by atoms with Gasteiger partial charge in [-0.1, -0.05) is 12.1 Å². The summed E-state index contributed by atoms with van der Waals surface area (Å²) in [5.74, 6) is -2.60. The van der Waals surface area contributed by atoms with Gasteiger partial charge >= 0.3 is 0 Å². The second kappa shape index (κ2) is 6.04. The van der Waals surface area contributed by atoms with E-state index in [9.17, 15) is 13.6 Å². The number of ketones is 1. The van der Waals surface area contributed by atoms with Gasteiger partial charge in [0, 0.05) is 5.56 Å². The fourth-order valence-electron chi connectivity index (χ4n) is 2.08. The second-order valence-electron chi connectivity index (χ2n) is 5.02. The minimum atomic E-state index is -1.08. The van der Waals surface area contributed by atoms with Crippen molar-refractivity contribution in [2.24, 2.45) is 0 Å². The van der Waals surface area contributed by atoms with E-state index in [4.69, 9.17) is 4.74 Å². The maximum absolute atomic E-state index is 13.4. The largest absolute Gasteiger partial charge is 0.482 e. The average Bonchev–Trinajstić information content (AvgIpc) is 2.44. The van der Waals surface area contributed by atoms with Crippen LogP contribution >= 0.6 is 0 Å². The molecule has 0 unspecified atom stereocenters. The first-order valence-corrected chi connectivity index (χ1v) is 6.58. The number of benzene rings is 2. The Balaban J connectivity index is 2.16. The van der Waals surface area contributed by atoms with Crippen molar-refractivity contribution in [2.75, 3.05) is 6.61 Å². The van der Waals surface area contributed by atoms with Crippen LogP contribution in [0.1, 0.15) is 27.0 Å². The molecular weight excluding hydrogens is 274 g/mol. The maximum Gasteiger partial charge on any atom is 0.200 e. The van der Waals surface area contributed by atoms with Crippen molar-refractivity contribution in [2.45, 2.75) is 20.8 Å². The summed E-state index contributed by atoms with van der Waals surface area (Å²) in [5.41, 5.74) is 3.48. The summed E-state index contributed by atoms with van der Waals surface area (Å²) in [7, 11) is 0. The molecule has 0 aliphatic rings. The number of carbonyl (C=O) groups is 1. The van der Waals surface area contributed by atoms with Crippen LogP contribution in [0, 0.1) is 32.4 Å². The summed E-state index contributed by atoms with van der Waals surface area (Å²) < 4.78 is 31.6. The molecule has 4 heteroatoms. The van der Waals surface area contributed by atoms with Crippen LogP contribution in [0.15, 0.2) is 30.3 Å². The van der Waals surface area contributed by atoms with E-state index >= 15 is 0 Å². The van der Waals surface area contributed by atoms with Gasteiger partial charge in [0.1, 0.15) is 0 Å². The summed E-state index contributed by atoms with van der Waals surface area (Å²) in [6.07, 6.45) is 0. The van der Waals surface area contributed by atoms with E-state index in [2.05, 4.69) is 0 Å². The number of carbonyl (C=O) groups excluding carboxylic acids is 1. The quantitative estimate of drug-likeness (QED) is 0.791. The molecular formula is C17H16F2O2. The zero-order valence-corrected chi connectivity index (χ0v) is 12.2. The van der Waals surface area contributed by atoms with E-state index in [1.807, 2.05) is 26.8 Å². The minimum Gasteiger partial charge on any atom is -0.482 e. The fourth-order valence-corrected chi connectivity index (χ4v) is 2.08. The van der Waals surface area contributed by atoms with Crippen LogP contribution in [0.4, 0.5) is 8.78 Å². The predicted molar refractivity (Wildman–Crippen MR) is 76.8 cm³/mol. The predicted octanol–water partition coefficient (Wildman–Crippen LogP) is 4.15. The molecule has 0 amide bonds. The standard InChI is InChI=1S/C17H16F2O2/c1-10-7-12(3)13(8-11(10)2)15(20)9-21-16-6-4-5-14(18)17(16)19/h4-8H,9H2,1-3H3. The number of rotatable bonds is 4. The van der Waals surface area contributed by atoms with Crippen LogP contribution < -0.4 is 4.74 Å². The lowest BCUT2D eigenvalue weighted by Gasteiger charge is -2.10. The molecule has 0 radical (unpaired) electrons. The lowest BCUT2D eigenvalue weighted by atomic mass is 9.98. The van der Waals surface area contributed by atoms with Gasteiger partial charge in [0.15, 0.2) is 24.0 Å². The van der Waals surface area contributed by atoms with Crippen molar-refractivity contribution < 1.29 is 18.3 Å². The van der Waals surface area contributed by atoms with Gasteiger partial charge in [0.05, 0.1) is 0 Å². The van der Waals surface area contributed by atoms with Gasteiger partial charge in [-0.15, -0.1) is 0 Å². The molecule has 0 atom stereocenters. The highest BCUT2D eigenvalue weighted by Crippen LogP contribution is 2.20. The molecule has 2 aromatic carbocycles. The topological polar surface area (TPSA) is 26.3 Å². The molecule has 2 nitrogen and oxygen atoms in total. The van der Waals surface area contributed by atoms with Crippen molar-refractivity contribution in [1.29, 1.82) is 0 Å². The monoisotopic (exact) mass is 290 g/mol. The molecule has 0 aromatic heterocycles. The van der Waals surface area contributed by atoms with Crippen LogP contribution in [0.3, 0.4) is 0 Å². The fraction of sp³-hybridized carbons (Fsp3) is 0.235. The first-order chi connectivity index (χ1) is 9.90. The first kappa shape index (κ1) is 15.2. The highest BCUT2D eigenvalue weighted by molar-refractivity contribution is 5.98. The number of aryl methyl sites for hydroxylation is 3. The molecule has 110 valence electrons. The Bertz CT molecular complexity index is 693. The SMILES string of the molecule is Cc1cc(C)c(C(=O)COc2cccc(F)c2F)cc1C. The van der Waals surface area contributed by atoms with Crippen LogP contribution in [0.5, 0.6) is 5.75 Å². The highest BCUT2D eigenvalue weighted by atomic mass is 19.2. The highest BCUT2D eigenvalue weighted by Gasteiger charge is 2.14. The van der Waals surface area contributed by atoms with E-state index < -0.39 is 11.6 Å². The molecule has 0 saturated heterocycles. The van der Waals surface area contributed by atoms with E-state index in [1.54, 1.807) is 6.07 Å². The Kier molecular flexibility index (Phi) is 4.36. The van der Waals surface area contributed by atoms with E-state index in [0.29, 0.717) is 5.56 Å². The normalized spacial score (nSPS) is 10.5. The smallest absolute Gasteiger partial charge is 0.200 e. The minimum absolute atomic E-state index is 0.259. The zero-order valence-electron chi connectivity index (χ0n) is 12.2. The van der Waals surface area contributed by atoms with Gasteiger partial charge in [-0.2, -0.15) is 4.39 Å². The van der Waals surface area contributed by atoms with Crippen LogP contribution in [-0.4, -0.2) is 12.4 Å². The number of ether oxygens (including phenoxy) is 1. The van der Waals surface area contributed by atoms with Gasteiger partial charge < -0.3 is 4.74 Å². The van der Waals surface area contributed by atoms with Gasteiger partial charge in [0.2, 0.25) is 5.82 Å². The number of halogens is 2. The Labute approximate surface area is 122 Å². The van der Waals surface area contributed by atoms with E-state index in [1.165, 1.54) is 12.1 Å². The molecule has 0 heterocycles. The van der Waals surface area contributed by atoms with Crippen molar-refractivity contribution in [3.8, 4) is 5.75 Å². The molecule has 0 bridgehead atoms. The average molecular weight is 290 g/mol. The summed E-state index contributed by atoms with van der Waals surface area (Å²) in [6.45, 7) is 5.39. The number of hydrogen-bond donors (Lipinski definition) is 0. The Morgan fingerprint density at radius 3 is 2.43 bits per heavy atom. The van der Waals surface area contributed by atoms with Gasteiger partial charge in [-0.05, 0) is 55.7 Å². The van der Waals surface area contributed by atoms with Crippen LogP contribution in [-0.2, 0) is 0 Å². The molecule has 0 N–H and O–H groups in total. The third kappa shape index (κ3) is 3.27. The van der Waals surface area contributed by atoms with Crippen molar-refractivity contribution >= 4 is 5.78 Å². The lowest BCUT2D eigenvalue weighted by Crippen LogP contribution is -2.14. The summed E-state index contributed by atoms with van der Waals surface area (Å²) >= 11 is 0. The Morgan fingerprint density at radius 2 is 1.71 bits per heavy atom. The molecule has 2 aromatic rings. The third-order valence-electron chi connectivity index (χ3n) is 3.42. The van der Waals surface area contributed by atoms with Crippen molar-refractivity contribution in [3.63, 3.8) is 0 Å². The summed E-state index contributed by atoms with van der Waals surface area (Å²) in [4.78, 5) is 12.2. The van der Waals surface area contributed by atoms with Gasteiger partial charge in [0.25, 0.3) is 0 Å². The molecule has 2 rings (SSSR count). The van der Waals surface area contributed by atoms with Crippen molar-refractivity contribution in [3.05, 3.63) is 64.2 Å². The number of hydrogen-bond acceptors (Lipinski definition) is 2. The molecule has 0 fully saturated rings. The van der Waals surface area contributed by atoms with Gasteiger partial charge in [-0.25, -0.2) is 4.39 Å². The molecule has 0 saturated carbocycles. The molecule has 0 aliphatic heterocycles. The number of Topliss-reactive ketones (excluding diaryl/α,β-unsaturated/α-hetero) is 1. The maximum atomic E-state index is 13.4. The lowest BCUT2D eigenvalue weighted by molar-refractivity contribution is 0.0917. The summed E-state index contributed by atoms with van der Waals surface area (Å²) in [6, 6.07) is 7.33. The summed E-state index contributed by atoms with van der Waals surface area (Å²) in [5, 5.41) is 0. The molecule has 21 heavy (non-hydrogen) atoms. The van der Waals surface area contributed by atoms with E-state index in [-0.39, 0.29) is 18.1 Å². The van der Waals surface area contributed by atoms with E-state index in [0.717, 1.165) is 22.8 Å². The van der Waals surface area contributed by atoms with Gasteiger partial charge in [-0.3, -0.25) is 4.79 Å². The zero-order chi connectivity index (χ0) is 15.6. The molecule has 0 aliphatic carbocycles. The Morgan fingerprint density at radius 1 is 1.05 bits per heavy atom. The second-order valence-corrected chi connectivity index (χ2v) is 5.02.